The van der Waals surface area contributed by atoms with E-state index in [4.69, 9.17) is 10.5 Å². The lowest BCUT2D eigenvalue weighted by atomic mass is 9.79. The van der Waals surface area contributed by atoms with E-state index in [1.807, 2.05) is 0 Å². The minimum Gasteiger partial charge on any atom is -0.474 e. The number of thiophene rings is 1. The number of fused-ring (bicyclic) bond motifs is 1. The van der Waals surface area contributed by atoms with Crippen LogP contribution in [0.15, 0.2) is 48.0 Å². The van der Waals surface area contributed by atoms with Gasteiger partial charge >= 0.3 is 12.4 Å². The number of carbonyl (C=O) groups excluding carboxylic acids is 3. The van der Waals surface area contributed by atoms with Gasteiger partial charge in [-0.25, -0.2) is 0 Å². The van der Waals surface area contributed by atoms with Crippen LogP contribution in [-0.2, 0) is 30.1 Å². The van der Waals surface area contributed by atoms with Crippen LogP contribution < -0.4 is 10.5 Å². The molecule has 2 atom stereocenters. The van der Waals surface area contributed by atoms with Gasteiger partial charge in [-0.05, 0) is 54.7 Å². The molecule has 2 aliphatic heterocycles. The number of amides is 3. The lowest BCUT2D eigenvalue weighted by molar-refractivity contribution is -0.160. The van der Waals surface area contributed by atoms with Crippen LogP contribution in [0.1, 0.15) is 75.0 Å². The summed E-state index contributed by atoms with van der Waals surface area (Å²) in [6, 6.07) is 6.28. The highest BCUT2D eigenvalue weighted by molar-refractivity contribution is 7.10. The highest BCUT2D eigenvalue weighted by Crippen LogP contribution is 2.43. The van der Waals surface area contributed by atoms with Crippen LogP contribution in [0, 0.1) is 0 Å². The smallest absolute Gasteiger partial charge is 0.425 e. The van der Waals surface area contributed by atoms with Crippen molar-refractivity contribution < 1.29 is 45.5 Å². The van der Waals surface area contributed by atoms with E-state index in [1.54, 1.807) is 19.1 Å². The molecule has 15 heteroatoms. The van der Waals surface area contributed by atoms with Crippen molar-refractivity contribution in [3.05, 3.63) is 80.8 Å². The average Bonchev–Trinajstić information content (AvgIpc) is 3.49. The third kappa shape index (κ3) is 6.42. The molecule has 246 valence electrons. The molecule has 1 fully saturated rings. The zero-order valence-electron chi connectivity index (χ0n) is 24.6. The van der Waals surface area contributed by atoms with E-state index in [0.717, 1.165) is 40.2 Å². The molecule has 2 aliphatic rings. The molecule has 3 amide bonds. The van der Waals surface area contributed by atoms with Crippen LogP contribution in [0.2, 0.25) is 0 Å². The molecule has 4 heterocycles. The molecule has 0 saturated carbocycles. The third-order valence-corrected chi connectivity index (χ3v) is 9.26. The van der Waals surface area contributed by atoms with E-state index in [2.05, 4.69) is 4.98 Å². The summed E-state index contributed by atoms with van der Waals surface area (Å²) in [7, 11) is 0. The van der Waals surface area contributed by atoms with Crippen LogP contribution >= 0.6 is 11.3 Å². The zero-order chi connectivity index (χ0) is 33.4. The van der Waals surface area contributed by atoms with E-state index in [-0.39, 0.29) is 44.6 Å². The van der Waals surface area contributed by atoms with Crippen LogP contribution in [0.3, 0.4) is 0 Å². The normalized spacial score (nSPS) is 20.3. The van der Waals surface area contributed by atoms with Gasteiger partial charge in [-0.1, -0.05) is 19.4 Å². The Balaban J connectivity index is 1.58. The molecule has 8 nitrogen and oxygen atoms in total. The third-order valence-electron chi connectivity index (χ3n) is 8.31. The number of alkyl halides is 6. The molecule has 1 saturated heterocycles. The largest absolute Gasteiger partial charge is 0.474 e. The van der Waals surface area contributed by atoms with Gasteiger partial charge in [0.15, 0.2) is 0 Å². The molecule has 0 radical (unpaired) electrons. The maximum Gasteiger partial charge on any atom is 0.425 e. The van der Waals surface area contributed by atoms with Gasteiger partial charge < -0.3 is 20.3 Å². The number of aromatic nitrogens is 1. The number of ether oxygens (including phenoxy) is 1. The second-order valence-corrected chi connectivity index (χ2v) is 12.2. The van der Waals surface area contributed by atoms with Gasteiger partial charge in [0.05, 0.1) is 11.6 Å². The first kappa shape index (κ1) is 33.2. The van der Waals surface area contributed by atoms with Crippen LogP contribution in [0.25, 0.3) is 0 Å². The fourth-order valence-electron chi connectivity index (χ4n) is 6.22. The van der Waals surface area contributed by atoms with Gasteiger partial charge in [0.2, 0.25) is 11.5 Å². The average molecular weight is 669 g/mol. The maximum atomic E-state index is 14.7. The Morgan fingerprint density at radius 1 is 1.07 bits per heavy atom. The minimum atomic E-state index is -4.89. The predicted molar refractivity (Wildman–Crippen MR) is 155 cm³/mol. The Bertz CT molecular complexity index is 1640. The number of hydrogen-bond donors (Lipinski definition) is 1. The fourth-order valence-corrected chi connectivity index (χ4v) is 6.90. The molecule has 46 heavy (non-hydrogen) atoms. The van der Waals surface area contributed by atoms with E-state index < -0.39 is 57.9 Å². The van der Waals surface area contributed by atoms with Gasteiger partial charge in [-0.2, -0.15) is 26.3 Å². The highest BCUT2D eigenvalue weighted by Gasteiger charge is 2.56. The summed E-state index contributed by atoms with van der Waals surface area (Å²) in [5.74, 6) is -2.52. The summed E-state index contributed by atoms with van der Waals surface area (Å²) in [4.78, 5) is 45.6. The number of piperidine rings is 1. The number of hydrogen-bond acceptors (Lipinski definition) is 6. The topological polar surface area (TPSA) is 106 Å². The van der Waals surface area contributed by atoms with Crippen LogP contribution in [0.4, 0.5) is 26.3 Å². The molecule has 0 bridgehead atoms. The molecule has 2 aromatic heterocycles. The van der Waals surface area contributed by atoms with Crippen molar-refractivity contribution >= 4 is 29.1 Å². The molecule has 0 aliphatic carbocycles. The number of benzene rings is 1. The van der Waals surface area contributed by atoms with E-state index >= 15 is 0 Å². The first-order valence-electron chi connectivity index (χ1n) is 14.5. The van der Waals surface area contributed by atoms with Gasteiger partial charge in [-0.3, -0.25) is 19.4 Å². The standard InChI is InChI=1S/C31H30F6N4O4S/c1-2-5-23-29(45-21-15-24(46-17-21)31(35,36)37,28(44)40-13-9-18-14-19(26(38)42)7-8-20(18)16-40)10-4-12-41(23)27(43)25-22(30(32,33)34)6-3-11-39-25/h3,6-8,11,14-15,17,23H,2,4-5,9-10,12-13,16H2,1H3,(H2,38,42)/t23-,29-/m1/s1. The summed E-state index contributed by atoms with van der Waals surface area (Å²) in [6.45, 7) is 1.96. The number of rotatable bonds is 7. The lowest BCUT2D eigenvalue weighted by Gasteiger charge is -2.50. The van der Waals surface area contributed by atoms with Crippen LogP contribution in [0.5, 0.6) is 5.75 Å². The molecule has 0 unspecified atom stereocenters. The number of primary amides is 1. The number of carbonyl (C=O) groups is 3. The minimum absolute atomic E-state index is 0.00417. The second-order valence-electron chi connectivity index (χ2n) is 11.3. The lowest BCUT2D eigenvalue weighted by Crippen LogP contribution is -2.68. The quantitative estimate of drug-likeness (QED) is 0.307. The summed E-state index contributed by atoms with van der Waals surface area (Å²) in [6.07, 6.45) is -7.57. The van der Waals surface area contributed by atoms with Crippen molar-refractivity contribution in [2.45, 2.75) is 69.6 Å². The first-order chi connectivity index (χ1) is 21.7. The number of pyridine rings is 1. The fraction of sp³-hybridized carbons (Fsp3) is 0.419. The van der Waals surface area contributed by atoms with Crippen molar-refractivity contribution in [3.8, 4) is 5.75 Å². The molecule has 3 aromatic rings. The Morgan fingerprint density at radius 2 is 1.83 bits per heavy atom. The van der Waals surface area contributed by atoms with E-state index in [9.17, 15) is 40.7 Å². The van der Waals surface area contributed by atoms with E-state index in [0.29, 0.717) is 35.3 Å². The van der Waals surface area contributed by atoms with E-state index in [1.165, 1.54) is 11.0 Å². The molecule has 2 N–H and O–H groups in total. The number of likely N-dealkylation sites (tertiary alicyclic amines) is 1. The van der Waals surface area contributed by atoms with Crippen molar-refractivity contribution in [3.63, 3.8) is 0 Å². The SMILES string of the molecule is CCC[C@H]1N(C(=O)c2ncccc2C(F)(F)F)CCC[C@]1(Oc1csc(C(F)(F)F)c1)C(=O)N1CCc2cc(C(N)=O)ccc2C1. The number of halogens is 6. The van der Waals surface area contributed by atoms with Crippen molar-refractivity contribution in [2.24, 2.45) is 5.73 Å². The molecule has 1 aromatic carbocycles. The second kappa shape index (κ2) is 12.6. The monoisotopic (exact) mass is 668 g/mol. The zero-order valence-corrected chi connectivity index (χ0v) is 25.4. The summed E-state index contributed by atoms with van der Waals surface area (Å²) in [5, 5.41) is 1.12. The number of nitrogens with zero attached hydrogens (tertiary/aromatic N) is 3. The maximum absolute atomic E-state index is 14.7. The van der Waals surface area contributed by atoms with Crippen molar-refractivity contribution in [1.82, 2.24) is 14.8 Å². The molecule has 0 spiro atoms. The van der Waals surface area contributed by atoms with Gasteiger partial charge in [0, 0.05) is 49.3 Å². The first-order valence-corrected chi connectivity index (χ1v) is 15.4. The summed E-state index contributed by atoms with van der Waals surface area (Å²) < 4.78 is 88.6. The van der Waals surface area contributed by atoms with Gasteiger partial charge in [-0.15, -0.1) is 11.3 Å². The summed E-state index contributed by atoms with van der Waals surface area (Å²) >= 11 is 0.380. The van der Waals surface area contributed by atoms with Crippen molar-refractivity contribution in [1.29, 1.82) is 0 Å². The summed E-state index contributed by atoms with van der Waals surface area (Å²) in [5.41, 5.74) is 3.21. The Labute approximate surface area is 264 Å². The van der Waals surface area contributed by atoms with Gasteiger partial charge in [0.1, 0.15) is 16.3 Å². The highest BCUT2D eigenvalue weighted by atomic mass is 32.1. The Morgan fingerprint density at radius 3 is 2.48 bits per heavy atom. The molecular weight excluding hydrogens is 638 g/mol. The van der Waals surface area contributed by atoms with Gasteiger partial charge in [0.25, 0.3) is 11.8 Å². The Kier molecular flexibility index (Phi) is 9.08. The molecular formula is C31H30F6N4O4S. The Hall–Kier alpha value is -4.14. The van der Waals surface area contributed by atoms with Crippen molar-refractivity contribution in [2.75, 3.05) is 13.1 Å². The molecule has 5 rings (SSSR count). The number of nitrogens with two attached hydrogens (primary N) is 1. The predicted octanol–water partition coefficient (Wildman–Crippen LogP) is 6.09. The van der Waals surface area contributed by atoms with Crippen LogP contribution in [-0.4, -0.2) is 57.2 Å².